The van der Waals surface area contributed by atoms with Crippen molar-refractivity contribution in [2.24, 2.45) is 17.8 Å². The van der Waals surface area contributed by atoms with Crippen LogP contribution in [0.4, 0.5) is 11.5 Å². The van der Waals surface area contributed by atoms with Crippen molar-refractivity contribution < 1.29 is 4.79 Å². The van der Waals surface area contributed by atoms with Gasteiger partial charge in [0.15, 0.2) is 0 Å². The molecule has 1 aromatic rings. The van der Waals surface area contributed by atoms with Gasteiger partial charge in [-0.3, -0.25) is 4.79 Å². The molecule has 1 amide bonds. The minimum atomic E-state index is 0.139. The van der Waals surface area contributed by atoms with Gasteiger partial charge in [0.05, 0.1) is 11.9 Å². The first-order valence-corrected chi connectivity index (χ1v) is 6.20. The lowest BCUT2D eigenvalue weighted by atomic mass is 10.1. The first-order chi connectivity index (χ1) is 8.16. The van der Waals surface area contributed by atoms with Gasteiger partial charge < -0.3 is 11.1 Å². The van der Waals surface area contributed by atoms with Crippen LogP contribution in [0.2, 0.25) is 0 Å². The van der Waals surface area contributed by atoms with E-state index in [2.05, 4.69) is 10.3 Å². The Kier molecular flexibility index (Phi) is 2.31. The Bertz CT molecular complexity index is 462. The minimum Gasteiger partial charge on any atom is -0.397 e. The Morgan fingerprint density at radius 3 is 2.82 bits per heavy atom. The Hall–Kier alpha value is -1.58. The third-order valence-corrected chi connectivity index (χ3v) is 4.05. The lowest BCUT2D eigenvalue weighted by molar-refractivity contribution is -0.118. The van der Waals surface area contributed by atoms with Gasteiger partial charge in [-0.05, 0) is 43.2 Å². The lowest BCUT2D eigenvalue weighted by Gasteiger charge is -2.08. The molecule has 0 aromatic carbocycles. The Morgan fingerprint density at radius 2 is 2.18 bits per heavy atom. The molecule has 0 radical (unpaired) electrons. The van der Waals surface area contributed by atoms with Gasteiger partial charge >= 0.3 is 0 Å². The van der Waals surface area contributed by atoms with Crippen LogP contribution in [0, 0.1) is 24.7 Å². The summed E-state index contributed by atoms with van der Waals surface area (Å²) in [5.41, 5.74) is 7.18. The first-order valence-electron chi connectivity index (χ1n) is 6.20. The smallest absolute Gasteiger partial charge is 0.229 e. The number of anilines is 2. The van der Waals surface area contributed by atoms with E-state index in [0.717, 1.165) is 5.56 Å². The number of pyridine rings is 1. The van der Waals surface area contributed by atoms with Gasteiger partial charge in [-0.1, -0.05) is 6.42 Å². The molecule has 2 aliphatic carbocycles. The van der Waals surface area contributed by atoms with Gasteiger partial charge in [0.25, 0.3) is 0 Å². The molecule has 0 bridgehead atoms. The van der Waals surface area contributed by atoms with Crippen LogP contribution < -0.4 is 11.1 Å². The number of amides is 1. The predicted molar refractivity (Wildman–Crippen MR) is 66.3 cm³/mol. The van der Waals surface area contributed by atoms with Crippen molar-refractivity contribution in [3.63, 3.8) is 0 Å². The molecule has 0 saturated heterocycles. The van der Waals surface area contributed by atoms with Crippen LogP contribution in [-0.4, -0.2) is 10.9 Å². The third-order valence-electron chi connectivity index (χ3n) is 4.05. The first kappa shape index (κ1) is 10.6. The highest BCUT2D eigenvalue weighted by atomic mass is 16.2. The molecule has 2 saturated carbocycles. The monoisotopic (exact) mass is 231 g/mol. The fourth-order valence-electron chi connectivity index (χ4n) is 3.14. The fraction of sp³-hybridized carbons (Fsp3) is 0.538. The van der Waals surface area contributed by atoms with Crippen molar-refractivity contribution >= 4 is 17.4 Å². The SMILES string of the molecule is Cc1cc(N)cnc1NC(=O)C1C2CCCC21. The molecule has 0 spiro atoms. The average molecular weight is 231 g/mol. The number of aryl methyl sites for hydroxylation is 1. The van der Waals surface area contributed by atoms with Gasteiger partial charge in [0, 0.05) is 5.92 Å². The number of nitrogens with zero attached hydrogens (tertiary/aromatic N) is 1. The Labute approximate surface area is 101 Å². The molecule has 3 N–H and O–H groups in total. The molecule has 2 fully saturated rings. The number of nitrogen functional groups attached to an aromatic ring is 1. The highest BCUT2D eigenvalue weighted by Gasteiger charge is 2.56. The number of hydrogen-bond acceptors (Lipinski definition) is 3. The highest BCUT2D eigenvalue weighted by Crippen LogP contribution is 2.57. The number of hydrogen-bond donors (Lipinski definition) is 2. The number of carbonyl (C=O) groups is 1. The molecule has 4 nitrogen and oxygen atoms in total. The topological polar surface area (TPSA) is 68.0 Å². The van der Waals surface area contributed by atoms with Crippen LogP contribution >= 0.6 is 0 Å². The van der Waals surface area contributed by atoms with Crippen molar-refractivity contribution in [1.29, 1.82) is 0 Å². The predicted octanol–water partition coefficient (Wildman–Crippen LogP) is 1.96. The van der Waals surface area contributed by atoms with E-state index in [0.29, 0.717) is 23.3 Å². The molecule has 17 heavy (non-hydrogen) atoms. The molecule has 2 unspecified atom stereocenters. The van der Waals surface area contributed by atoms with Gasteiger partial charge in [0.2, 0.25) is 5.91 Å². The number of fused-ring (bicyclic) bond motifs is 1. The number of carbonyl (C=O) groups excluding carboxylic acids is 1. The van der Waals surface area contributed by atoms with E-state index >= 15 is 0 Å². The van der Waals surface area contributed by atoms with Gasteiger partial charge in [-0.25, -0.2) is 4.98 Å². The molecular weight excluding hydrogens is 214 g/mol. The maximum absolute atomic E-state index is 12.0. The Morgan fingerprint density at radius 1 is 1.47 bits per heavy atom. The number of nitrogens with one attached hydrogen (secondary N) is 1. The summed E-state index contributed by atoms with van der Waals surface area (Å²) in [6.07, 6.45) is 5.31. The van der Waals surface area contributed by atoms with Crippen LogP contribution in [0.5, 0.6) is 0 Å². The summed E-state index contributed by atoms with van der Waals surface area (Å²) in [5.74, 6) is 2.31. The number of rotatable bonds is 2. The van der Waals surface area contributed by atoms with Crippen LogP contribution in [0.1, 0.15) is 24.8 Å². The molecular formula is C13H17N3O. The minimum absolute atomic E-state index is 0.139. The maximum Gasteiger partial charge on any atom is 0.229 e. The summed E-state index contributed by atoms with van der Waals surface area (Å²) in [4.78, 5) is 16.2. The second-order valence-electron chi connectivity index (χ2n) is 5.21. The maximum atomic E-state index is 12.0. The molecule has 1 aromatic heterocycles. The van der Waals surface area contributed by atoms with E-state index in [1.165, 1.54) is 19.3 Å². The quantitative estimate of drug-likeness (QED) is 0.817. The second kappa shape index (κ2) is 3.72. The van der Waals surface area contributed by atoms with Crippen molar-refractivity contribution in [2.75, 3.05) is 11.1 Å². The van der Waals surface area contributed by atoms with E-state index < -0.39 is 0 Å². The summed E-state index contributed by atoms with van der Waals surface area (Å²) >= 11 is 0. The molecule has 90 valence electrons. The summed E-state index contributed by atoms with van der Waals surface area (Å²) in [6, 6.07) is 1.83. The van der Waals surface area contributed by atoms with Crippen LogP contribution in [-0.2, 0) is 4.79 Å². The van der Waals surface area contributed by atoms with E-state index in [4.69, 9.17) is 5.73 Å². The zero-order valence-corrected chi connectivity index (χ0v) is 9.94. The lowest BCUT2D eigenvalue weighted by Crippen LogP contribution is -2.18. The molecule has 2 aliphatic rings. The second-order valence-corrected chi connectivity index (χ2v) is 5.21. The van der Waals surface area contributed by atoms with Gasteiger partial charge in [-0.2, -0.15) is 0 Å². The molecule has 2 atom stereocenters. The van der Waals surface area contributed by atoms with Crippen molar-refractivity contribution in [3.05, 3.63) is 17.8 Å². The highest BCUT2D eigenvalue weighted by molar-refractivity contribution is 5.94. The molecule has 0 aliphatic heterocycles. The summed E-state index contributed by atoms with van der Waals surface area (Å²) in [6.45, 7) is 1.91. The van der Waals surface area contributed by atoms with Gasteiger partial charge in [0.1, 0.15) is 5.82 Å². The van der Waals surface area contributed by atoms with Crippen molar-refractivity contribution in [1.82, 2.24) is 4.98 Å². The summed E-state index contributed by atoms with van der Waals surface area (Å²) in [7, 11) is 0. The zero-order valence-electron chi connectivity index (χ0n) is 9.94. The Balaban J connectivity index is 1.69. The van der Waals surface area contributed by atoms with Crippen LogP contribution in [0.15, 0.2) is 12.3 Å². The summed E-state index contributed by atoms with van der Waals surface area (Å²) < 4.78 is 0. The van der Waals surface area contributed by atoms with E-state index in [1.54, 1.807) is 6.20 Å². The standard InChI is InChI=1S/C13H17N3O/c1-7-5-8(14)6-15-12(7)16-13(17)11-9-3-2-4-10(9)11/h5-6,9-11H,2-4,14H2,1H3,(H,15,16,17). The van der Waals surface area contributed by atoms with E-state index in [-0.39, 0.29) is 11.8 Å². The summed E-state index contributed by atoms with van der Waals surface area (Å²) in [5, 5.41) is 2.92. The third kappa shape index (κ3) is 1.77. The molecule has 1 heterocycles. The van der Waals surface area contributed by atoms with Crippen LogP contribution in [0.25, 0.3) is 0 Å². The van der Waals surface area contributed by atoms with Crippen LogP contribution in [0.3, 0.4) is 0 Å². The van der Waals surface area contributed by atoms with Crippen molar-refractivity contribution in [2.45, 2.75) is 26.2 Å². The molecule has 4 heteroatoms. The molecule has 3 rings (SSSR count). The van der Waals surface area contributed by atoms with Gasteiger partial charge in [-0.15, -0.1) is 0 Å². The van der Waals surface area contributed by atoms with Crippen molar-refractivity contribution in [3.8, 4) is 0 Å². The fourth-order valence-corrected chi connectivity index (χ4v) is 3.14. The number of nitrogens with two attached hydrogens (primary N) is 1. The zero-order chi connectivity index (χ0) is 12.0. The number of aromatic nitrogens is 1. The largest absolute Gasteiger partial charge is 0.397 e. The van der Waals surface area contributed by atoms with E-state index in [1.807, 2.05) is 13.0 Å². The van der Waals surface area contributed by atoms with E-state index in [9.17, 15) is 4.79 Å². The average Bonchev–Trinajstić information content (AvgIpc) is 2.77. The normalized spacial score (nSPS) is 29.8.